The van der Waals surface area contributed by atoms with Crippen LogP contribution in [0.2, 0.25) is 0 Å². The largest absolute Gasteiger partial charge is 0.377 e. The molecule has 0 unspecified atom stereocenters. The molecule has 72 valence electrons. The number of hydrogen-bond acceptors (Lipinski definition) is 3. The van der Waals surface area contributed by atoms with Crippen LogP contribution >= 0.6 is 0 Å². The van der Waals surface area contributed by atoms with Crippen LogP contribution in [0.25, 0.3) is 0 Å². The Kier molecular flexibility index (Phi) is 5.32. The molecule has 1 fully saturated rings. The van der Waals surface area contributed by atoms with Gasteiger partial charge in [-0.05, 0) is 38.8 Å². The maximum atomic E-state index is 5.56. The van der Waals surface area contributed by atoms with E-state index in [4.69, 9.17) is 10.5 Å². The van der Waals surface area contributed by atoms with E-state index >= 15 is 0 Å². The van der Waals surface area contributed by atoms with Crippen LogP contribution in [0.1, 0.15) is 25.7 Å². The van der Waals surface area contributed by atoms with Gasteiger partial charge in [-0.1, -0.05) is 0 Å². The lowest BCUT2D eigenvalue weighted by Crippen LogP contribution is -2.32. The maximum Gasteiger partial charge on any atom is 0.0699 e. The normalized spacial score (nSPS) is 24.2. The topological polar surface area (TPSA) is 47.3 Å². The summed E-state index contributed by atoms with van der Waals surface area (Å²) in [6.45, 7) is 3.75. The number of nitrogens with one attached hydrogen (secondary N) is 1. The zero-order valence-corrected chi connectivity index (χ0v) is 7.72. The zero-order valence-electron chi connectivity index (χ0n) is 7.72. The first-order chi connectivity index (χ1) is 5.93. The average Bonchev–Trinajstić information content (AvgIpc) is 2.14. The van der Waals surface area contributed by atoms with Crippen LogP contribution in [0, 0.1) is 0 Å². The minimum absolute atomic E-state index is 0.455. The van der Waals surface area contributed by atoms with E-state index in [-0.39, 0.29) is 0 Å². The van der Waals surface area contributed by atoms with E-state index in [0.717, 1.165) is 32.7 Å². The van der Waals surface area contributed by atoms with Crippen LogP contribution in [0.5, 0.6) is 0 Å². The summed E-state index contributed by atoms with van der Waals surface area (Å²) in [6.07, 6.45) is 5.29. The van der Waals surface area contributed by atoms with Crippen LogP contribution in [0.4, 0.5) is 0 Å². The first kappa shape index (κ1) is 9.96. The highest BCUT2D eigenvalue weighted by Crippen LogP contribution is 2.11. The third-order valence-electron chi connectivity index (χ3n) is 2.20. The van der Waals surface area contributed by atoms with Gasteiger partial charge in [-0.2, -0.15) is 0 Å². The molecule has 0 spiro atoms. The van der Waals surface area contributed by atoms with Crippen molar-refractivity contribution < 1.29 is 4.74 Å². The molecule has 3 nitrogen and oxygen atoms in total. The van der Waals surface area contributed by atoms with Gasteiger partial charge in [0.1, 0.15) is 0 Å². The SMILES string of the molecule is NCCCNC[C@@H]1CCCCO1. The summed E-state index contributed by atoms with van der Waals surface area (Å²) in [5, 5.41) is 3.35. The van der Waals surface area contributed by atoms with E-state index in [9.17, 15) is 0 Å². The molecule has 0 radical (unpaired) electrons. The number of ether oxygens (including phenoxy) is 1. The van der Waals surface area contributed by atoms with Gasteiger partial charge in [-0.25, -0.2) is 0 Å². The minimum atomic E-state index is 0.455. The van der Waals surface area contributed by atoms with Crippen molar-refractivity contribution in [2.24, 2.45) is 5.73 Å². The molecule has 0 aromatic carbocycles. The molecule has 0 bridgehead atoms. The average molecular weight is 172 g/mol. The highest BCUT2D eigenvalue weighted by molar-refractivity contribution is 4.66. The van der Waals surface area contributed by atoms with Gasteiger partial charge >= 0.3 is 0 Å². The molecule has 12 heavy (non-hydrogen) atoms. The fourth-order valence-electron chi connectivity index (χ4n) is 1.46. The summed E-state index contributed by atoms with van der Waals surface area (Å²) in [5.41, 5.74) is 5.38. The minimum Gasteiger partial charge on any atom is -0.377 e. The highest BCUT2D eigenvalue weighted by atomic mass is 16.5. The summed E-state index contributed by atoms with van der Waals surface area (Å²) in [5.74, 6) is 0. The Balaban J connectivity index is 1.91. The van der Waals surface area contributed by atoms with Crippen molar-refractivity contribution in [1.82, 2.24) is 5.32 Å². The number of hydrogen-bond donors (Lipinski definition) is 2. The third kappa shape index (κ3) is 4.04. The lowest BCUT2D eigenvalue weighted by atomic mass is 10.1. The Morgan fingerprint density at radius 3 is 3.00 bits per heavy atom. The Labute approximate surface area is 74.7 Å². The van der Waals surface area contributed by atoms with Crippen molar-refractivity contribution in [3.05, 3.63) is 0 Å². The standard InChI is InChI=1S/C9H20N2O/c10-5-3-6-11-8-9-4-1-2-7-12-9/h9,11H,1-8,10H2/t9-/m0/s1. The van der Waals surface area contributed by atoms with Gasteiger partial charge in [0, 0.05) is 13.2 Å². The van der Waals surface area contributed by atoms with Gasteiger partial charge in [0.2, 0.25) is 0 Å². The summed E-state index contributed by atoms with van der Waals surface area (Å²) >= 11 is 0. The van der Waals surface area contributed by atoms with Crippen molar-refractivity contribution in [3.8, 4) is 0 Å². The van der Waals surface area contributed by atoms with E-state index < -0.39 is 0 Å². The van der Waals surface area contributed by atoms with Crippen LogP contribution < -0.4 is 11.1 Å². The van der Waals surface area contributed by atoms with E-state index in [1.165, 1.54) is 19.3 Å². The van der Waals surface area contributed by atoms with Gasteiger partial charge in [0.25, 0.3) is 0 Å². The van der Waals surface area contributed by atoms with Gasteiger partial charge < -0.3 is 15.8 Å². The molecule has 0 aromatic heterocycles. The predicted molar refractivity (Wildman–Crippen MR) is 50.1 cm³/mol. The summed E-state index contributed by atoms with van der Waals surface area (Å²) in [6, 6.07) is 0. The van der Waals surface area contributed by atoms with Crippen LogP contribution in [0.3, 0.4) is 0 Å². The Hall–Kier alpha value is -0.120. The Bertz CT molecular complexity index is 103. The Morgan fingerprint density at radius 2 is 2.33 bits per heavy atom. The van der Waals surface area contributed by atoms with Crippen LogP contribution in [-0.4, -0.2) is 32.3 Å². The van der Waals surface area contributed by atoms with E-state index in [1.54, 1.807) is 0 Å². The predicted octanol–water partition coefficient (Wildman–Crippen LogP) is 0.494. The first-order valence-electron chi connectivity index (χ1n) is 4.96. The van der Waals surface area contributed by atoms with E-state index in [1.807, 2.05) is 0 Å². The molecular formula is C9H20N2O. The van der Waals surface area contributed by atoms with Gasteiger partial charge in [0.15, 0.2) is 0 Å². The molecule has 3 N–H and O–H groups in total. The number of nitrogens with two attached hydrogens (primary N) is 1. The molecule has 0 aromatic rings. The second-order valence-corrected chi connectivity index (χ2v) is 3.33. The lowest BCUT2D eigenvalue weighted by Gasteiger charge is -2.22. The van der Waals surface area contributed by atoms with Gasteiger partial charge in [-0.15, -0.1) is 0 Å². The summed E-state index contributed by atoms with van der Waals surface area (Å²) < 4.78 is 5.56. The Morgan fingerprint density at radius 1 is 1.42 bits per heavy atom. The molecule has 3 heteroatoms. The molecule has 0 saturated carbocycles. The number of rotatable bonds is 5. The second-order valence-electron chi connectivity index (χ2n) is 3.33. The summed E-state index contributed by atoms with van der Waals surface area (Å²) in [7, 11) is 0. The molecule has 1 aliphatic heterocycles. The molecule has 0 amide bonds. The molecule has 1 saturated heterocycles. The fourth-order valence-corrected chi connectivity index (χ4v) is 1.46. The molecule has 1 heterocycles. The zero-order chi connectivity index (χ0) is 8.65. The molecular weight excluding hydrogens is 152 g/mol. The van der Waals surface area contributed by atoms with Crippen molar-refractivity contribution >= 4 is 0 Å². The van der Waals surface area contributed by atoms with E-state index in [2.05, 4.69) is 5.32 Å². The van der Waals surface area contributed by atoms with Gasteiger partial charge in [-0.3, -0.25) is 0 Å². The molecule has 1 atom stereocenters. The quantitative estimate of drug-likeness (QED) is 0.593. The molecule has 0 aliphatic carbocycles. The smallest absolute Gasteiger partial charge is 0.0699 e. The van der Waals surface area contributed by atoms with Crippen molar-refractivity contribution in [2.75, 3.05) is 26.2 Å². The monoisotopic (exact) mass is 172 g/mol. The first-order valence-corrected chi connectivity index (χ1v) is 4.96. The lowest BCUT2D eigenvalue weighted by molar-refractivity contribution is 0.0170. The van der Waals surface area contributed by atoms with Crippen LogP contribution in [0.15, 0.2) is 0 Å². The summed E-state index contributed by atoms with van der Waals surface area (Å²) in [4.78, 5) is 0. The van der Waals surface area contributed by atoms with Crippen LogP contribution in [-0.2, 0) is 4.74 Å². The van der Waals surface area contributed by atoms with Crippen molar-refractivity contribution in [1.29, 1.82) is 0 Å². The third-order valence-corrected chi connectivity index (χ3v) is 2.20. The fraction of sp³-hybridized carbons (Fsp3) is 1.00. The van der Waals surface area contributed by atoms with E-state index in [0.29, 0.717) is 6.10 Å². The van der Waals surface area contributed by atoms with Crippen molar-refractivity contribution in [3.63, 3.8) is 0 Å². The maximum absolute atomic E-state index is 5.56. The molecule has 1 aliphatic rings. The highest BCUT2D eigenvalue weighted by Gasteiger charge is 2.12. The molecule has 1 rings (SSSR count). The van der Waals surface area contributed by atoms with Gasteiger partial charge in [0.05, 0.1) is 6.10 Å². The van der Waals surface area contributed by atoms with Crippen molar-refractivity contribution in [2.45, 2.75) is 31.8 Å². The second kappa shape index (κ2) is 6.40.